The molecule has 0 aromatic carbocycles. The Bertz CT molecular complexity index is 411. The lowest BCUT2D eigenvalue weighted by molar-refractivity contribution is 0.306. The Hall–Kier alpha value is -1.32. The molecule has 19 heavy (non-hydrogen) atoms. The molecule has 2 N–H and O–H groups in total. The third kappa shape index (κ3) is 3.37. The molecule has 1 saturated carbocycles. The van der Waals surface area contributed by atoms with E-state index in [0.29, 0.717) is 11.4 Å². The fraction of sp³-hybridized carbons (Fsp3) is 0.733. The molecule has 2 rings (SSSR count). The highest BCUT2D eigenvalue weighted by Gasteiger charge is 2.31. The fourth-order valence-electron chi connectivity index (χ4n) is 2.92. The summed E-state index contributed by atoms with van der Waals surface area (Å²) in [5, 5.41) is 6.72. The Morgan fingerprint density at radius 3 is 2.58 bits per heavy atom. The smallest absolute Gasteiger partial charge is 0.224 e. The van der Waals surface area contributed by atoms with Crippen LogP contribution < -0.4 is 10.6 Å². The first-order chi connectivity index (χ1) is 9.19. The summed E-state index contributed by atoms with van der Waals surface area (Å²) in [6, 6.07) is 0. The van der Waals surface area contributed by atoms with Gasteiger partial charge in [0.25, 0.3) is 0 Å². The Labute approximate surface area is 116 Å². The van der Waals surface area contributed by atoms with Gasteiger partial charge in [0.1, 0.15) is 5.82 Å². The number of anilines is 2. The van der Waals surface area contributed by atoms with Crippen LogP contribution in [0.15, 0.2) is 6.20 Å². The maximum absolute atomic E-state index is 4.56. The van der Waals surface area contributed by atoms with E-state index in [1.54, 1.807) is 0 Å². The Morgan fingerprint density at radius 1 is 1.21 bits per heavy atom. The Morgan fingerprint density at radius 2 is 1.95 bits per heavy atom. The highest BCUT2D eigenvalue weighted by Crippen LogP contribution is 2.40. The normalized spacial score (nSPS) is 17.4. The molecule has 4 nitrogen and oxygen atoms in total. The minimum Gasteiger partial charge on any atom is -0.369 e. The van der Waals surface area contributed by atoms with Gasteiger partial charge in [-0.25, -0.2) is 4.98 Å². The molecular weight excluding hydrogens is 236 g/mol. The quantitative estimate of drug-likeness (QED) is 0.822. The van der Waals surface area contributed by atoms with Crippen LogP contribution in [0, 0.1) is 12.3 Å². The highest BCUT2D eigenvalue weighted by atomic mass is 15.1. The summed E-state index contributed by atoms with van der Waals surface area (Å²) in [6.45, 7) is 8.31. The third-order valence-electron chi connectivity index (χ3n) is 4.35. The van der Waals surface area contributed by atoms with Gasteiger partial charge in [0, 0.05) is 24.8 Å². The van der Waals surface area contributed by atoms with E-state index in [1.165, 1.54) is 32.1 Å². The van der Waals surface area contributed by atoms with Crippen molar-refractivity contribution in [2.24, 2.45) is 5.41 Å². The molecule has 1 aliphatic rings. The molecule has 0 amide bonds. The number of nitrogens with zero attached hydrogens (tertiary/aromatic N) is 2. The molecule has 1 aliphatic carbocycles. The van der Waals surface area contributed by atoms with Gasteiger partial charge >= 0.3 is 0 Å². The molecule has 0 aliphatic heterocycles. The first-order valence-corrected chi connectivity index (χ1v) is 7.50. The molecule has 0 bridgehead atoms. The van der Waals surface area contributed by atoms with Crippen LogP contribution in [-0.2, 0) is 0 Å². The molecule has 106 valence electrons. The molecule has 0 atom stereocenters. The first-order valence-electron chi connectivity index (χ1n) is 7.50. The van der Waals surface area contributed by atoms with Gasteiger partial charge in [-0.3, -0.25) is 0 Å². The molecule has 4 heteroatoms. The van der Waals surface area contributed by atoms with E-state index in [4.69, 9.17) is 0 Å². The van der Waals surface area contributed by atoms with Gasteiger partial charge in [-0.15, -0.1) is 0 Å². The second-order valence-electron chi connectivity index (χ2n) is 5.67. The van der Waals surface area contributed by atoms with Crippen LogP contribution in [0.25, 0.3) is 0 Å². The summed E-state index contributed by atoms with van der Waals surface area (Å²) in [6.07, 6.45) is 8.59. The van der Waals surface area contributed by atoms with Gasteiger partial charge in [-0.05, 0) is 38.5 Å². The molecule has 0 saturated heterocycles. The van der Waals surface area contributed by atoms with Crippen molar-refractivity contribution in [2.75, 3.05) is 23.7 Å². The van der Waals surface area contributed by atoms with E-state index in [9.17, 15) is 0 Å². The molecule has 0 unspecified atom stereocenters. The SMILES string of the molecule is CCNc1ncc(C)c(NCC2(CC)CCCC2)n1. The molecule has 0 radical (unpaired) electrons. The van der Waals surface area contributed by atoms with Gasteiger partial charge in [-0.2, -0.15) is 4.98 Å². The zero-order valence-electron chi connectivity index (χ0n) is 12.4. The minimum atomic E-state index is 0.482. The van der Waals surface area contributed by atoms with Gasteiger partial charge in [-0.1, -0.05) is 19.8 Å². The van der Waals surface area contributed by atoms with Crippen LogP contribution in [0.3, 0.4) is 0 Å². The predicted molar refractivity (Wildman–Crippen MR) is 80.6 cm³/mol. The topological polar surface area (TPSA) is 49.8 Å². The Balaban J connectivity index is 2.03. The van der Waals surface area contributed by atoms with Crippen LogP contribution in [0.5, 0.6) is 0 Å². The van der Waals surface area contributed by atoms with Crippen LogP contribution in [-0.4, -0.2) is 23.1 Å². The average Bonchev–Trinajstić information content (AvgIpc) is 2.89. The number of aromatic nitrogens is 2. The second-order valence-corrected chi connectivity index (χ2v) is 5.67. The number of hydrogen-bond donors (Lipinski definition) is 2. The minimum absolute atomic E-state index is 0.482. The molecule has 1 fully saturated rings. The summed E-state index contributed by atoms with van der Waals surface area (Å²) in [4.78, 5) is 8.84. The van der Waals surface area contributed by atoms with Gasteiger partial charge in [0.15, 0.2) is 0 Å². The van der Waals surface area contributed by atoms with Crippen molar-refractivity contribution in [3.05, 3.63) is 11.8 Å². The van der Waals surface area contributed by atoms with E-state index >= 15 is 0 Å². The first kappa shape index (κ1) is 14.1. The lowest BCUT2D eigenvalue weighted by atomic mass is 9.83. The molecule has 1 aromatic heterocycles. The maximum atomic E-state index is 4.56. The van der Waals surface area contributed by atoms with E-state index in [2.05, 4.69) is 41.4 Å². The lowest BCUT2D eigenvalue weighted by Gasteiger charge is -2.28. The van der Waals surface area contributed by atoms with Crippen molar-refractivity contribution >= 4 is 11.8 Å². The monoisotopic (exact) mass is 262 g/mol. The van der Waals surface area contributed by atoms with Crippen molar-refractivity contribution in [3.63, 3.8) is 0 Å². The van der Waals surface area contributed by atoms with Crippen molar-refractivity contribution in [2.45, 2.75) is 52.9 Å². The summed E-state index contributed by atoms with van der Waals surface area (Å²) < 4.78 is 0. The van der Waals surface area contributed by atoms with Crippen molar-refractivity contribution in [1.82, 2.24) is 9.97 Å². The molecule has 1 heterocycles. The largest absolute Gasteiger partial charge is 0.369 e. The van der Waals surface area contributed by atoms with Crippen LogP contribution in [0.1, 0.15) is 51.5 Å². The van der Waals surface area contributed by atoms with E-state index < -0.39 is 0 Å². The second kappa shape index (κ2) is 6.22. The maximum Gasteiger partial charge on any atom is 0.224 e. The van der Waals surface area contributed by atoms with E-state index in [1.807, 2.05) is 6.20 Å². The fourth-order valence-corrected chi connectivity index (χ4v) is 2.92. The highest BCUT2D eigenvalue weighted by molar-refractivity contribution is 5.46. The number of aryl methyl sites for hydroxylation is 1. The summed E-state index contributed by atoms with van der Waals surface area (Å²) in [7, 11) is 0. The lowest BCUT2D eigenvalue weighted by Crippen LogP contribution is -2.26. The number of hydrogen-bond acceptors (Lipinski definition) is 4. The van der Waals surface area contributed by atoms with Crippen molar-refractivity contribution in [3.8, 4) is 0 Å². The van der Waals surface area contributed by atoms with E-state index in [-0.39, 0.29) is 0 Å². The van der Waals surface area contributed by atoms with Gasteiger partial charge < -0.3 is 10.6 Å². The zero-order valence-corrected chi connectivity index (χ0v) is 12.4. The van der Waals surface area contributed by atoms with Gasteiger partial charge in [0.2, 0.25) is 5.95 Å². The summed E-state index contributed by atoms with van der Waals surface area (Å²) >= 11 is 0. The van der Waals surface area contributed by atoms with Crippen LogP contribution in [0.4, 0.5) is 11.8 Å². The summed E-state index contributed by atoms with van der Waals surface area (Å²) in [5.41, 5.74) is 1.60. The number of rotatable bonds is 6. The zero-order chi connectivity index (χ0) is 13.7. The predicted octanol–water partition coefficient (Wildman–Crippen LogP) is 3.60. The molecule has 1 aromatic rings. The van der Waals surface area contributed by atoms with Crippen molar-refractivity contribution < 1.29 is 0 Å². The average molecular weight is 262 g/mol. The molecular formula is C15H26N4. The van der Waals surface area contributed by atoms with Crippen LogP contribution >= 0.6 is 0 Å². The van der Waals surface area contributed by atoms with Crippen molar-refractivity contribution in [1.29, 1.82) is 0 Å². The molecule has 0 spiro atoms. The van der Waals surface area contributed by atoms with E-state index in [0.717, 1.165) is 24.5 Å². The Kier molecular flexibility index (Phi) is 4.61. The summed E-state index contributed by atoms with van der Waals surface area (Å²) in [5.74, 6) is 1.69. The number of nitrogens with one attached hydrogen (secondary N) is 2. The standard InChI is InChI=1S/C15H26N4/c1-4-15(8-6-7-9-15)11-18-13-12(3)10-17-14(19-13)16-5-2/h10H,4-9,11H2,1-3H3,(H2,16,17,18,19). The van der Waals surface area contributed by atoms with Crippen LogP contribution in [0.2, 0.25) is 0 Å². The van der Waals surface area contributed by atoms with Gasteiger partial charge in [0.05, 0.1) is 0 Å². The third-order valence-corrected chi connectivity index (χ3v) is 4.35.